The van der Waals surface area contributed by atoms with E-state index in [1.165, 1.54) is 28.1 Å². The fourth-order valence-electron chi connectivity index (χ4n) is 2.59. The lowest BCUT2D eigenvalue weighted by atomic mass is 10.1. The molecule has 1 amide bonds. The molecule has 3 nitrogen and oxygen atoms in total. The first-order chi connectivity index (χ1) is 11.1. The Morgan fingerprint density at radius 1 is 1.09 bits per heavy atom. The Balaban J connectivity index is 1.94. The van der Waals surface area contributed by atoms with Gasteiger partial charge in [-0.2, -0.15) is 4.99 Å². The number of halogens is 1. The van der Waals surface area contributed by atoms with Gasteiger partial charge in [0.2, 0.25) is 0 Å². The van der Waals surface area contributed by atoms with Crippen molar-refractivity contribution < 1.29 is 4.79 Å². The van der Waals surface area contributed by atoms with Crippen LogP contribution in [0.25, 0.3) is 21.0 Å². The van der Waals surface area contributed by atoms with Crippen LogP contribution in [0.5, 0.6) is 0 Å². The largest absolute Gasteiger partial charge is 0.319 e. The number of aryl methyl sites for hydroxylation is 1. The number of carbonyl (C=O) groups excluding carboxylic acids is 1. The highest BCUT2D eigenvalue weighted by Crippen LogP contribution is 2.26. The van der Waals surface area contributed by atoms with Crippen molar-refractivity contribution in [1.29, 1.82) is 0 Å². The third kappa shape index (κ3) is 2.51. The monoisotopic (exact) mass is 358 g/mol. The van der Waals surface area contributed by atoms with Crippen LogP contribution in [-0.2, 0) is 7.05 Å². The molecule has 6 heteroatoms. The van der Waals surface area contributed by atoms with Gasteiger partial charge in [-0.3, -0.25) is 4.79 Å². The number of benzene rings is 2. The van der Waals surface area contributed by atoms with E-state index in [0.717, 1.165) is 15.6 Å². The van der Waals surface area contributed by atoms with Crippen molar-refractivity contribution >= 4 is 61.2 Å². The molecule has 2 aromatic heterocycles. The minimum atomic E-state index is -0.256. The Morgan fingerprint density at radius 2 is 1.91 bits per heavy atom. The molecule has 23 heavy (non-hydrogen) atoms. The first-order valence-electron chi connectivity index (χ1n) is 6.95. The minimum Gasteiger partial charge on any atom is -0.319 e. The van der Waals surface area contributed by atoms with Crippen molar-refractivity contribution in [3.05, 3.63) is 62.5 Å². The fourth-order valence-corrected chi connectivity index (χ4v) is 4.56. The Bertz CT molecular complexity index is 1120. The Labute approximate surface area is 145 Å². The second kappa shape index (κ2) is 5.60. The third-order valence-corrected chi connectivity index (χ3v) is 5.98. The van der Waals surface area contributed by atoms with E-state index >= 15 is 0 Å². The molecule has 0 aliphatic heterocycles. The second-order valence-corrected chi connectivity index (χ2v) is 7.82. The maximum Gasteiger partial charge on any atom is 0.289 e. The number of carbonyl (C=O) groups is 1. The maximum atomic E-state index is 12.3. The van der Waals surface area contributed by atoms with Crippen LogP contribution in [0.1, 0.15) is 9.67 Å². The average Bonchev–Trinajstić information content (AvgIpc) is 3.12. The zero-order valence-corrected chi connectivity index (χ0v) is 14.5. The molecular weight excluding hydrogens is 348 g/mol. The molecular formula is C17H11ClN2OS2. The molecule has 114 valence electrons. The Kier molecular flexibility index (Phi) is 3.56. The zero-order chi connectivity index (χ0) is 16.0. The van der Waals surface area contributed by atoms with E-state index < -0.39 is 0 Å². The highest BCUT2D eigenvalue weighted by Gasteiger charge is 2.11. The summed E-state index contributed by atoms with van der Waals surface area (Å²) in [6.07, 6.45) is 0. The summed E-state index contributed by atoms with van der Waals surface area (Å²) in [6, 6.07) is 15.8. The quantitative estimate of drug-likeness (QED) is 0.479. The number of hydrogen-bond donors (Lipinski definition) is 0. The van der Waals surface area contributed by atoms with Crippen LogP contribution in [0.3, 0.4) is 0 Å². The molecule has 0 N–H and O–H groups in total. The number of aromatic nitrogens is 1. The highest BCUT2D eigenvalue weighted by molar-refractivity contribution is 7.18. The van der Waals surface area contributed by atoms with Crippen LogP contribution < -0.4 is 4.80 Å². The molecule has 0 saturated heterocycles. The van der Waals surface area contributed by atoms with E-state index in [1.54, 1.807) is 12.1 Å². The predicted molar refractivity (Wildman–Crippen MR) is 97.5 cm³/mol. The van der Waals surface area contributed by atoms with Gasteiger partial charge in [-0.15, -0.1) is 11.3 Å². The van der Waals surface area contributed by atoms with Crippen molar-refractivity contribution in [2.75, 3.05) is 0 Å². The summed E-state index contributed by atoms with van der Waals surface area (Å²) in [5, 5.41) is 2.34. The summed E-state index contributed by atoms with van der Waals surface area (Å²) in [4.78, 5) is 17.8. The van der Waals surface area contributed by atoms with Gasteiger partial charge in [-0.05, 0) is 23.6 Å². The summed E-state index contributed by atoms with van der Waals surface area (Å²) in [5.74, 6) is -0.256. The zero-order valence-electron chi connectivity index (χ0n) is 12.1. The molecule has 0 aliphatic rings. The van der Waals surface area contributed by atoms with Crippen molar-refractivity contribution in [1.82, 2.24) is 4.57 Å². The standard InChI is InChI=1S/C17H11ClN2OS2/c1-20-15-11-5-3-2-4-10(11)6-7-12(15)23-17(20)19-16(21)13-8-9-14(18)22-13/h2-9H,1H3. The van der Waals surface area contributed by atoms with Gasteiger partial charge in [0.15, 0.2) is 4.80 Å². The first kappa shape index (κ1) is 14.6. The van der Waals surface area contributed by atoms with Crippen molar-refractivity contribution in [3.63, 3.8) is 0 Å². The van der Waals surface area contributed by atoms with E-state index in [0.29, 0.717) is 14.0 Å². The van der Waals surface area contributed by atoms with Crippen LogP contribution in [0, 0.1) is 0 Å². The summed E-state index contributed by atoms with van der Waals surface area (Å²) in [6.45, 7) is 0. The number of amides is 1. The molecule has 4 rings (SSSR count). The molecule has 0 atom stereocenters. The molecule has 4 aromatic rings. The number of rotatable bonds is 1. The van der Waals surface area contributed by atoms with Gasteiger partial charge in [0.1, 0.15) is 0 Å². The van der Waals surface area contributed by atoms with E-state index in [4.69, 9.17) is 11.6 Å². The number of thiazole rings is 1. The summed E-state index contributed by atoms with van der Waals surface area (Å²) < 4.78 is 3.69. The molecule has 2 aromatic carbocycles. The lowest BCUT2D eigenvalue weighted by Crippen LogP contribution is -2.12. The molecule has 0 spiro atoms. The first-order valence-corrected chi connectivity index (χ1v) is 8.96. The molecule has 0 bridgehead atoms. The molecule has 0 saturated carbocycles. The van der Waals surface area contributed by atoms with Gasteiger partial charge >= 0.3 is 0 Å². The van der Waals surface area contributed by atoms with Gasteiger partial charge in [0.05, 0.1) is 19.4 Å². The highest BCUT2D eigenvalue weighted by atomic mass is 35.5. The summed E-state index contributed by atoms with van der Waals surface area (Å²) in [7, 11) is 1.94. The molecule has 0 radical (unpaired) electrons. The van der Waals surface area contributed by atoms with E-state index in [2.05, 4.69) is 29.3 Å². The van der Waals surface area contributed by atoms with Gasteiger partial charge < -0.3 is 4.57 Å². The average molecular weight is 359 g/mol. The number of fused-ring (bicyclic) bond motifs is 3. The third-order valence-electron chi connectivity index (χ3n) is 3.67. The van der Waals surface area contributed by atoms with Crippen LogP contribution in [0.15, 0.2) is 53.5 Å². The van der Waals surface area contributed by atoms with E-state index in [9.17, 15) is 4.79 Å². The summed E-state index contributed by atoms with van der Waals surface area (Å²) in [5.41, 5.74) is 1.10. The van der Waals surface area contributed by atoms with Gasteiger partial charge in [0, 0.05) is 12.4 Å². The Morgan fingerprint density at radius 3 is 2.70 bits per heavy atom. The maximum absolute atomic E-state index is 12.3. The van der Waals surface area contributed by atoms with E-state index in [1.807, 2.05) is 23.7 Å². The molecule has 0 unspecified atom stereocenters. The van der Waals surface area contributed by atoms with Gasteiger partial charge in [-0.25, -0.2) is 0 Å². The molecule has 0 fully saturated rings. The minimum absolute atomic E-state index is 0.256. The lowest BCUT2D eigenvalue weighted by molar-refractivity contribution is 0.100. The lowest BCUT2D eigenvalue weighted by Gasteiger charge is -2.01. The normalized spacial score (nSPS) is 12.3. The van der Waals surface area contributed by atoms with E-state index in [-0.39, 0.29) is 5.91 Å². The van der Waals surface area contributed by atoms with Crippen molar-refractivity contribution in [3.8, 4) is 0 Å². The molecule has 2 heterocycles. The Hall–Kier alpha value is -1.95. The van der Waals surface area contributed by atoms with Crippen molar-refractivity contribution in [2.45, 2.75) is 0 Å². The van der Waals surface area contributed by atoms with Crippen LogP contribution in [-0.4, -0.2) is 10.5 Å². The fraction of sp³-hybridized carbons (Fsp3) is 0.0588. The predicted octanol–water partition coefficient (Wildman–Crippen LogP) is 4.85. The summed E-state index contributed by atoms with van der Waals surface area (Å²) >= 11 is 8.65. The SMILES string of the molecule is Cn1c(=NC(=O)c2ccc(Cl)s2)sc2ccc3ccccc3c21. The van der Waals surface area contributed by atoms with Crippen LogP contribution in [0.4, 0.5) is 0 Å². The smallest absolute Gasteiger partial charge is 0.289 e. The topological polar surface area (TPSA) is 34.4 Å². The second-order valence-electron chi connectivity index (χ2n) is 5.10. The van der Waals surface area contributed by atoms with Crippen LogP contribution in [0.2, 0.25) is 4.34 Å². The van der Waals surface area contributed by atoms with Crippen molar-refractivity contribution in [2.24, 2.45) is 12.0 Å². The van der Waals surface area contributed by atoms with Gasteiger partial charge in [-0.1, -0.05) is 53.3 Å². The number of hydrogen-bond acceptors (Lipinski definition) is 3. The number of nitrogens with zero attached hydrogens (tertiary/aromatic N) is 2. The number of thiophene rings is 1. The molecule has 0 aliphatic carbocycles. The van der Waals surface area contributed by atoms with Gasteiger partial charge in [0.25, 0.3) is 5.91 Å². The van der Waals surface area contributed by atoms with Crippen LogP contribution >= 0.6 is 34.3 Å².